The molecule has 0 unspecified atom stereocenters. The first-order chi connectivity index (χ1) is 9.81. The van der Waals surface area contributed by atoms with Gasteiger partial charge in [0.05, 0.1) is 0 Å². The number of anilines is 1. The second-order valence-corrected chi connectivity index (χ2v) is 4.99. The number of thiocarbonyl (C=S) groups is 1. The van der Waals surface area contributed by atoms with E-state index < -0.39 is 0 Å². The van der Waals surface area contributed by atoms with Crippen molar-refractivity contribution in [3.05, 3.63) is 18.5 Å². The zero-order valence-electron chi connectivity index (χ0n) is 11.8. The van der Waals surface area contributed by atoms with Gasteiger partial charge in [0.25, 0.3) is 0 Å². The van der Waals surface area contributed by atoms with E-state index in [2.05, 4.69) is 25.1 Å². The van der Waals surface area contributed by atoms with Gasteiger partial charge < -0.3 is 19.9 Å². The number of piperazine rings is 1. The summed E-state index contributed by atoms with van der Waals surface area (Å²) in [4.78, 5) is 12.9. The molecule has 1 saturated heterocycles. The minimum absolute atomic E-state index is 0.759. The maximum absolute atomic E-state index is 5.40. The standard InChI is InChI=1S/C13H21N5OS/c1-19-11-3-6-16-13(20)18-9-7-17(8-10-18)12-14-4-2-5-15-12/h2,4-5H,3,6-11H2,1H3,(H,16,20). The van der Waals surface area contributed by atoms with Crippen LogP contribution in [0.15, 0.2) is 18.5 Å². The molecule has 1 N–H and O–H groups in total. The third-order valence-electron chi connectivity index (χ3n) is 3.20. The molecule has 0 amide bonds. The van der Waals surface area contributed by atoms with E-state index in [0.717, 1.165) is 56.8 Å². The average molecular weight is 295 g/mol. The average Bonchev–Trinajstić information content (AvgIpc) is 2.52. The van der Waals surface area contributed by atoms with Crippen LogP contribution in [0.1, 0.15) is 6.42 Å². The predicted octanol–water partition coefficient (Wildman–Crippen LogP) is 0.510. The van der Waals surface area contributed by atoms with Gasteiger partial charge in [-0.2, -0.15) is 0 Å². The first-order valence-electron chi connectivity index (χ1n) is 6.85. The van der Waals surface area contributed by atoms with Crippen molar-refractivity contribution in [2.24, 2.45) is 0 Å². The SMILES string of the molecule is COCCCNC(=S)N1CCN(c2ncccn2)CC1. The number of ether oxygens (including phenoxy) is 1. The van der Waals surface area contributed by atoms with E-state index in [-0.39, 0.29) is 0 Å². The number of nitrogens with one attached hydrogen (secondary N) is 1. The molecular formula is C13H21N5OS. The van der Waals surface area contributed by atoms with E-state index in [4.69, 9.17) is 17.0 Å². The van der Waals surface area contributed by atoms with Gasteiger partial charge in [0.15, 0.2) is 5.11 Å². The molecule has 0 bridgehead atoms. The maximum Gasteiger partial charge on any atom is 0.225 e. The summed E-state index contributed by atoms with van der Waals surface area (Å²) in [5.74, 6) is 0.797. The highest BCUT2D eigenvalue weighted by Gasteiger charge is 2.20. The molecule has 6 nitrogen and oxygen atoms in total. The summed E-state index contributed by atoms with van der Waals surface area (Å²) >= 11 is 5.40. The van der Waals surface area contributed by atoms with Crippen molar-refractivity contribution in [2.45, 2.75) is 6.42 Å². The van der Waals surface area contributed by atoms with Crippen LogP contribution in [-0.4, -0.2) is 66.4 Å². The van der Waals surface area contributed by atoms with Crippen LogP contribution in [0.3, 0.4) is 0 Å². The lowest BCUT2D eigenvalue weighted by molar-refractivity contribution is 0.195. The van der Waals surface area contributed by atoms with Crippen LogP contribution in [0.2, 0.25) is 0 Å². The van der Waals surface area contributed by atoms with Crippen LogP contribution in [0.4, 0.5) is 5.95 Å². The molecule has 0 radical (unpaired) electrons. The van der Waals surface area contributed by atoms with Crippen molar-refractivity contribution in [1.82, 2.24) is 20.2 Å². The normalized spacial score (nSPS) is 15.2. The number of nitrogens with zero attached hydrogens (tertiary/aromatic N) is 4. The largest absolute Gasteiger partial charge is 0.385 e. The van der Waals surface area contributed by atoms with Gasteiger partial charge in [-0.05, 0) is 24.7 Å². The van der Waals surface area contributed by atoms with Crippen LogP contribution in [0, 0.1) is 0 Å². The van der Waals surface area contributed by atoms with Gasteiger partial charge in [0.2, 0.25) is 5.95 Å². The molecule has 2 rings (SSSR count). The molecule has 0 aliphatic carbocycles. The van der Waals surface area contributed by atoms with Crippen molar-refractivity contribution in [2.75, 3.05) is 51.3 Å². The third kappa shape index (κ3) is 4.28. The van der Waals surface area contributed by atoms with Crippen LogP contribution < -0.4 is 10.2 Å². The van der Waals surface area contributed by atoms with E-state index in [0.29, 0.717) is 0 Å². The summed E-state index contributed by atoms with van der Waals surface area (Å²) < 4.78 is 5.01. The molecule has 1 aromatic rings. The van der Waals surface area contributed by atoms with Gasteiger partial charge in [-0.25, -0.2) is 9.97 Å². The van der Waals surface area contributed by atoms with Gasteiger partial charge in [-0.1, -0.05) is 0 Å². The Labute approximate surface area is 125 Å². The molecular weight excluding hydrogens is 274 g/mol. The molecule has 20 heavy (non-hydrogen) atoms. The number of aromatic nitrogens is 2. The molecule has 2 heterocycles. The van der Waals surface area contributed by atoms with Gasteiger partial charge in [0.1, 0.15) is 0 Å². The summed E-state index contributed by atoms with van der Waals surface area (Å²) in [6.07, 6.45) is 4.52. The first-order valence-corrected chi connectivity index (χ1v) is 7.26. The van der Waals surface area contributed by atoms with Crippen molar-refractivity contribution in [3.63, 3.8) is 0 Å². The Morgan fingerprint density at radius 1 is 1.30 bits per heavy atom. The molecule has 1 aliphatic rings. The molecule has 0 spiro atoms. The minimum atomic E-state index is 0.759. The van der Waals surface area contributed by atoms with Crippen molar-refractivity contribution in [1.29, 1.82) is 0 Å². The Balaban J connectivity index is 1.72. The van der Waals surface area contributed by atoms with Crippen molar-refractivity contribution >= 4 is 23.3 Å². The number of rotatable bonds is 5. The summed E-state index contributed by atoms with van der Waals surface area (Å²) in [7, 11) is 1.71. The second-order valence-electron chi connectivity index (χ2n) is 4.60. The highest BCUT2D eigenvalue weighted by Crippen LogP contribution is 2.09. The Bertz CT molecular complexity index is 408. The highest BCUT2D eigenvalue weighted by molar-refractivity contribution is 7.80. The number of hydrogen-bond donors (Lipinski definition) is 1. The molecule has 110 valence electrons. The predicted molar refractivity (Wildman–Crippen MR) is 82.9 cm³/mol. The number of hydrogen-bond acceptors (Lipinski definition) is 5. The van der Waals surface area contributed by atoms with Crippen molar-refractivity contribution < 1.29 is 4.74 Å². The lowest BCUT2D eigenvalue weighted by Gasteiger charge is -2.36. The fourth-order valence-corrected chi connectivity index (χ4v) is 2.37. The summed E-state index contributed by atoms with van der Waals surface area (Å²) in [5, 5.41) is 4.10. The minimum Gasteiger partial charge on any atom is -0.385 e. The Hall–Kier alpha value is -1.47. The van der Waals surface area contributed by atoms with Crippen LogP contribution >= 0.6 is 12.2 Å². The van der Waals surface area contributed by atoms with Gasteiger partial charge in [0, 0.05) is 58.8 Å². The van der Waals surface area contributed by atoms with E-state index in [9.17, 15) is 0 Å². The van der Waals surface area contributed by atoms with Gasteiger partial charge in [-0.15, -0.1) is 0 Å². The van der Waals surface area contributed by atoms with E-state index >= 15 is 0 Å². The Morgan fingerprint density at radius 2 is 2.00 bits per heavy atom. The molecule has 1 aliphatic heterocycles. The molecule has 7 heteroatoms. The summed E-state index contributed by atoms with van der Waals surface area (Å²) in [6, 6.07) is 1.83. The van der Waals surface area contributed by atoms with E-state index in [1.54, 1.807) is 19.5 Å². The molecule has 0 aromatic carbocycles. The van der Waals surface area contributed by atoms with Gasteiger partial charge in [-0.3, -0.25) is 0 Å². The topological polar surface area (TPSA) is 53.5 Å². The lowest BCUT2D eigenvalue weighted by Crippen LogP contribution is -2.52. The Morgan fingerprint density at radius 3 is 2.65 bits per heavy atom. The van der Waals surface area contributed by atoms with Gasteiger partial charge >= 0.3 is 0 Å². The summed E-state index contributed by atoms with van der Waals surface area (Å²) in [5.41, 5.74) is 0. The first kappa shape index (κ1) is 14.9. The highest BCUT2D eigenvalue weighted by atomic mass is 32.1. The molecule has 0 atom stereocenters. The zero-order valence-corrected chi connectivity index (χ0v) is 12.6. The smallest absolute Gasteiger partial charge is 0.225 e. The monoisotopic (exact) mass is 295 g/mol. The molecule has 1 fully saturated rings. The fraction of sp³-hybridized carbons (Fsp3) is 0.615. The van der Waals surface area contributed by atoms with E-state index in [1.165, 1.54) is 0 Å². The van der Waals surface area contributed by atoms with Crippen LogP contribution in [0.25, 0.3) is 0 Å². The second kappa shape index (κ2) is 7.96. The lowest BCUT2D eigenvalue weighted by atomic mass is 10.3. The van der Waals surface area contributed by atoms with Crippen LogP contribution in [0.5, 0.6) is 0 Å². The summed E-state index contributed by atoms with van der Waals surface area (Å²) in [6.45, 7) is 5.19. The zero-order chi connectivity index (χ0) is 14.2. The molecule has 1 aromatic heterocycles. The van der Waals surface area contributed by atoms with E-state index in [1.807, 2.05) is 6.07 Å². The third-order valence-corrected chi connectivity index (χ3v) is 3.61. The number of methoxy groups -OCH3 is 1. The quantitative estimate of drug-likeness (QED) is 0.627. The maximum atomic E-state index is 5.40. The molecule has 0 saturated carbocycles. The van der Waals surface area contributed by atoms with Crippen molar-refractivity contribution in [3.8, 4) is 0 Å². The Kier molecular flexibility index (Phi) is 5.94. The fourth-order valence-electron chi connectivity index (χ4n) is 2.09. The van der Waals surface area contributed by atoms with Crippen LogP contribution in [-0.2, 0) is 4.74 Å².